The van der Waals surface area contributed by atoms with Crippen molar-refractivity contribution in [2.45, 2.75) is 0 Å². The van der Waals surface area contributed by atoms with E-state index in [1.165, 1.54) is 10.9 Å². The topological polar surface area (TPSA) is 15.8 Å². The minimum atomic E-state index is 1.06. The first-order valence-electron chi connectivity index (χ1n) is 3.25. The van der Waals surface area contributed by atoms with Crippen LogP contribution in [0, 0.1) is 6.92 Å². The van der Waals surface area contributed by atoms with Crippen LogP contribution in [0.25, 0.3) is 10.9 Å². The number of benzene rings is 1. The Balaban J connectivity index is 2.86. The van der Waals surface area contributed by atoms with Crippen molar-refractivity contribution in [1.82, 2.24) is 4.98 Å². The van der Waals surface area contributed by atoms with Gasteiger partial charge in [0.05, 0.1) is 0 Å². The van der Waals surface area contributed by atoms with Gasteiger partial charge in [-0.25, -0.2) is 0 Å². The van der Waals surface area contributed by atoms with Gasteiger partial charge in [-0.2, -0.15) is 0 Å². The maximum absolute atomic E-state index is 3.84. The van der Waals surface area contributed by atoms with Gasteiger partial charge in [-0.1, -0.05) is 6.07 Å². The lowest BCUT2D eigenvalue weighted by molar-refractivity contribution is 1.47. The van der Waals surface area contributed by atoms with Gasteiger partial charge in [-0.3, -0.25) is 0 Å². The first kappa shape index (κ1) is 5.54. The fourth-order valence-electron chi connectivity index (χ4n) is 1.10. The van der Waals surface area contributed by atoms with Gasteiger partial charge in [0.25, 0.3) is 0 Å². The van der Waals surface area contributed by atoms with Crippen LogP contribution in [0.3, 0.4) is 0 Å². The summed E-state index contributed by atoms with van der Waals surface area (Å²) in [5, 5.41) is 1.23. The molecule has 1 heterocycles. The second kappa shape index (κ2) is 1.87. The smallest absolute Gasteiger partial charge is 0.0454 e. The molecule has 0 amide bonds. The highest BCUT2D eigenvalue weighted by atomic mass is 14.7. The Labute approximate surface area is 59.7 Å². The van der Waals surface area contributed by atoms with Gasteiger partial charge in [-0.05, 0) is 36.1 Å². The van der Waals surface area contributed by atoms with Crippen molar-refractivity contribution in [3.05, 3.63) is 42.9 Å². The molecule has 1 aromatic heterocycles. The third kappa shape index (κ3) is 0.711. The number of rotatable bonds is 0. The molecule has 0 bridgehead atoms. The molecule has 1 N–H and O–H groups in total. The molecule has 0 fully saturated rings. The number of nitrogens with one attached hydrogen (secondary N) is 1. The zero-order chi connectivity index (χ0) is 6.97. The average Bonchev–Trinajstić information content (AvgIpc) is 2.33. The minimum Gasteiger partial charge on any atom is -0.361 e. The predicted octanol–water partition coefficient (Wildman–Crippen LogP) is 2.35. The van der Waals surface area contributed by atoms with Gasteiger partial charge < -0.3 is 4.98 Å². The average molecular weight is 130 g/mol. The van der Waals surface area contributed by atoms with E-state index in [1.54, 1.807) is 0 Å². The molecule has 0 unspecified atom stereocenters. The highest BCUT2D eigenvalue weighted by Crippen LogP contribution is 2.12. The van der Waals surface area contributed by atoms with E-state index in [-0.39, 0.29) is 0 Å². The summed E-state index contributed by atoms with van der Waals surface area (Å²) >= 11 is 0. The summed E-state index contributed by atoms with van der Waals surface area (Å²) in [4.78, 5) is 3.12. The molecule has 2 aromatic rings. The van der Waals surface area contributed by atoms with Gasteiger partial charge in [0, 0.05) is 11.7 Å². The van der Waals surface area contributed by atoms with Crippen molar-refractivity contribution in [3.8, 4) is 0 Å². The molecule has 1 heteroatoms. The van der Waals surface area contributed by atoms with Crippen LogP contribution >= 0.6 is 0 Å². The lowest BCUT2D eigenvalue weighted by atomic mass is 10.2. The summed E-state index contributed by atoms with van der Waals surface area (Å²) < 4.78 is 0. The van der Waals surface area contributed by atoms with Crippen molar-refractivity contribution in [2.24, 2.45) is 0 Å². The maximum atomic E-state index is 3.84. The van der Waals surface area contributed by atoms with Gasteiger partial charge in [0.1, 0.15) is 0 Å². The fourth-order valence-corrected chi connectivity index (χ4v) is 1.10. The summed E-state index contributed by atoms with van der Waals surface area (Å²) in [7, 11) is 0. The van der Waals surface area contributed by atoms with Gasteiger partial charge in [0.2, 0.25) is 0 Å². The zero-order valence-corrected chi connectivity index (χ0v) is 5.59. The molecule has 0 spiro atoms. The van der Waals surface area contributed by atoms with Crippen LogP contribution in [-0.4, -0.2) is 4.98 Å². The maximum Gasteiger partial charge on any atom is 0.0454 e. The SMILES string of the molecule is [CH2]c1ccc2[nH]ccc2c1. The standard InChI is InChI=1S/C9H8N/c1-7-2-3-9-8(6-7)4-5-10-9/h2-6,10H,1H2. The van der Waals surface area contributed by atoms with Gasteiger partial charge >= 0.3 is 0 Å². The summed E-state index contributed by atoms with van der Waals surface area (Å²) in [6.07, 6.45) is 1.93. The molecule has 10 heavy (non-hydrogen) atoms. The number of H-pyrrole nitrogens is 1. The van der Waals surface area contributed by atoms with E-state index < -0.39 is 0 Å². The van der Waals surface area contributed by atoms with Crippen molar-refractivity contribution in [2.75, 3.05) is 0 Å². The molecule has 49 valence electrons. The number of hydrogen-bond acceptors (Lipinski definition) is 0. The second-order valence-corrected chi connectivity index (χ2v) is 2.40. The van der Waals surface area contributed by atoms with Crippen molar-refractivity contribution in [3.63, 3.8) is 0 Å². The van der Waals surface area contributed by atoms with Crippen LogP contribution < -0.4 is 0 Å². The third-order valence-corrected chi connectivity index (χ3v) is 1.62. The van der Waals surface area contributed by atoms with Crippen LogP contribution in [0.1, 0.15) is 5.56 Å². The molecule has 0 saturated heterocycles. The molecular weight excluding hydrogens is 122 g/mol. The van der Waals surface area contributed by atoms with E-state index in [1.807, 2.05) is 24.4 Å². The predicted molar refractivity (Wildman–Crippen MR) is 42.8 cm³/mol. The largest absolute Gasteiger partial charge is 0.361 e. The molecule has 0 aliphatic rings. The third-order valence-electron chi connectivity index (χ3n) is 1.62. The van der Waals surface area contributed by atoms with E-state index in [0.717, 1.165) is 5.56 Å². The van der Waals surface area contributed by atoms with E-state index in [0.29, 0.717) is 0 Å². The van der Waals surface area contributed by atoms with E-state index >= 15 is 0 Å². The van der Waals surface area contributed by atoms with E-state index in [2.05, 4.69) is 18.0 Å². The van der Waals surface area contributed by atoms with Crippen molar-refractivity contribution >= 4 is 10.9 Å². The molecule has 0 aliphatic carbocycles. The van der Waals surface area contributed by atoms with Crippen molar-refractivity contribution in [1.29, 1.82) is 0 Å². The zero-order valence-electron chi connectivity index (χ0n) is 5.59. The van der Waals surface area contributed by atoms with Crippen molar-refractivity contribution < 1.29 is 0 Å². The van der Waals surface area contributed by atoms with Gasteiger partial charge in [-0.15, -0.1) is 0 Å². The normalized spacial score (nSPS) is 10.5. The first-order valence-corrected chi connectivity index (χ1v) is 3.25. The summed E-state index contributed by atoms with van der Waals surface area (Å²) in [6.45, 7) is 3.84. The van der Waals surface area contributed by atoms with Crippen LogP contribution in [0.15, 0.2) is 30.5 Å². The molecule has 1 aromatic carbocycles. The quantitative estimate of drug-likeness (QED) is 0.563. The fraction of sp³-hybridized carbons (Fsp3) is 0. The summed E-state index contributed by atoms with van der Waals surface area (Å²) in [6, 6.07) is 8.15. The van der Waals surface area contributed by atoms with Crippen LogP contribution in [0.2, 0.25) is 0 Å². The number of aromatic nitrogens is 1. The lowest BCUT2D eigenvalue weighted by Gasteiger charge is -1.90. The van der Waals surface area contributed by atoms with Crippen LogP contribution in [0.5, 0.6) is 0 Å². The molecule has 0 atom stereocenters. The summed E-state index contributed by atoms with van der Waals surface area (Å²) in [5.74, 6) is 0. The van der Waals surface area contributed by atoms with Crippen LogP contribution in [0.4, 0.5) is 0 Å². The van der Waals surface area contributed by atoms with Crippen LogP contribution in [-0.2, 0) is 0 Å². The molecule has 1 radical (unpaired) electrons. The highest BCUT2D eigenvalue weighted by molar-refractivity contribution is 5.80. The van der Waals surface area contributed by atoms with Gasteiger partial charge in [0.15, 0.2) is 0 Å². The lowest BCUT2D eigenvalue weighted by Crippen LogP contribution is -1.69. The molecule has 0 saturated carbocycles. The Bertz CT molecular complexity index is 346. The Kier molecular flexibility index (Phi) is 1.04. The number of hydrogen-bond donors (Lipinski definition) is 1. The Morgan fingerprint density at radius 1 is 1.20 bits per heavy atom. The molecule has 0 aliphatic heterocycles. The van der Waals surface area contributed by atoms with E-state index in [9.17, 15) is 0 Å². The monoisotopic (exact) mass is 130 g/mol. The minimum absolute atomic E-state index is 1.06. The number of fused-ring (bicyclic) bond motifs is 1. The van der Waals surface area contributed by atoms with E-state index in [4.69, 9.17) is 0 Å². The Hall–Kier alpha value is -1.24. The first-order chi connectivity index (χ1) is 4.86. The Morgan fingerprint density at radius 3 is 3.00 bits per heavy atom. The molecule has 2 rings (SSSR count). The molecule has 1 nitrogen and oxygen atoms in total. The summed E-state index contributed by atoms with van der Waals surface area (Å²) in [5.41, 5.74) is 2.24. The Morgan fingerprint density at radius 2 is 2.10 bits per heavy atom. The highest BCUT2D eigenvalue weighted by Gasteiger charge is 1.91. The molecular formula is C9H8N. The number of aromatic amines is 1. The second-order valence-electron chi connectivity index (χ2n) is 2.40.